The fraction of sp³-hybridized carbons (Fsp3) is 0.500. The van der Waals surface area contributed by atoms with E-state index in [9.17, 15) is 0 Å². The van der Waals surface area contributed by atoms with Gasteiger partial charge in [-0.25, -0.2) is 0 Å². The molecule has 0 spiro atoms. The molecule has 1 aromatic heterocycles. The number of nitrogens with zero attached hydrogens (tertiary/aromatic N) is 1. The van der Waals surface area contributed by atoms with Crippen molar-refractivity contribution in [3.63, 3.8) is 0 Å². The van der Waals surface area contributed by atoms with Gasteiger partial charge in [0.1, 0.15) is 0 Å². The second-order valence-corrected chi connectivity index (χ2v) is 19.1. The first kappa shape index (κ1) is 17.7. The predicted octanol–water partition coefficient (Wildman–Crippen LogP) is 5.08. The first-order chi connectivity index (χ1) is 11.4. The van der Waals surface area contributed by atoms with Crippen LogP contribution in [0.2, 0.25) is 17.3 Å². The molecule has 0 amide bonds. The normalized spacial score (nSPS) is 16.4. The fourth-order valence-corrected chi connectivity index (χ4v) is 7.79. The molecule has 0 atom stereocenters. The number of benzene rings is 1. The Morgan fingerprint density at radius 3 is 2.29 bits per heavy atom. The Morgan fingerprint density at radius 1 is 1.00 bits per heavy atom. The van der Waals surface area contributed by atoms with Crippen LogP contribution in [0.5, 0.6) is 0 Å². The van der Waals surface area contributed by atoms with Gasteiger partial charge in [0.25, 0.3) is 0 Å². The summed E-state index contributed by atoms with van der Waals surface area (Å²) >= 11 is -1.89. The van der Waals surface area contributed by atoms with Crippen LogP contribution in [0.25, 0.3) is 11.3 Å². The topological polar surface area (TPSA) is 3.88 Å². The van der Waals surface area contributed by atoms with Gasteiger partial charge in [0.05, 0.1) is 0 Å². The van der Waals surface area contributed by atoms with Crippen molar-refractivity contribution in [3.8, 4) is 11.3 Å². The van der Waals surface area contributed by atoms with E-state index in [0.717, 1.165) is 5.92 Å². The molecule has 3 rings (SSSR count). The standard InChI is InChI=1S/C22H32GeN/c1-17-11-9-10-14-19(17)22-15-20(18-12-7-6-8-13-18)21(16-24(22)5)23(2,3)4/h9-11,14-16,18H,6-8,12-13H2,1-5H3/q+1. The molecular weight excluding hydrogens is 351 g/mol. The molecule has 0 unspecified atom stereocenters. The predicted molar refractivity (Wildman–Crippen MR) is 107 cm³/mol. The molecule has 1 aliphatic carbocycles. The van der Waals surface area contributed by atoms with E-state index in [0.29, 0.717) is 0 Å². The minimum absolute atomic E-state index is 0.780. The van der Waals surface area contributed by atoms with Crippen molar-refractivity contribution in [2.24, 2.45) is 7.05 Å². The maximum atomic E-state index is 2.55. The van der Waals surface area contributed by atoms with E-state index >= 15 is 0 Å². The van der Waals surface area contributed by atoms with Crippen LogP contribution in [0.3, 0.4) is 0 Å². The van der Waals surface area contributed by atoms with Crippen LogP contribution in [-0.2, 0) is 7.05 Å². The molecule has 1 aromatic carbocycles. The van der Waals surface area contributed by atoms with E-state index in [1.165, 1.54) is 48.9 Å². The van der Waals surface area contributed by atoms with Crippen LogP contribution < -0.4 is 8.96 Å². The number of aromatic nitrogens is 1. The van der Waals surface area contributed by atoms with E-state index in [1.807, 2.05) is 0 Å². The summed E-state index contributed by atoms with van der Waals surface area (Å²) in [4.78, 5) is 0. The van der Waals surface area contributed by atoms with Gasteiger partial charge in [0.2, 0.25) is 0 Å². The molecule has 1 saturated carbocycles. The second kappa shape index (κ2) is 7.03. The monoisotopic (exact) mass is 384 g/mol. The van der Waals surface area contributed by atoms with Crippen molar-refractivity contribution >= 4 is 17.7 Å². The molecular formula is C22H32GeN+. The molecule has 2 heteroatoms. The molecule has 0 radical (unpaired) electrons. The Bertz CT molecular complexity index is 721. The van der Waals surface area contributed by atoms with Crippen LogP contribution in [0.4, 0.5) is 0 Å². The molecule has 0 saturated heterocycles. The summed E-state index contributed by atoms with van der Waals surface area (Å²) in [6.45, 7) is 2.23. The van der Waals surface area contributed by atoms with Crippen LogP contribution in [0.15, 0.2) is 36.5 Å². The molecule has 128 valence electrons. The molecule has 0 N–H and O–H groups in total. The zero-order chi connectivity index (χ0) is 17.3. The number of hydrogen-bond acceptors (Lipinski definition) is 0. The van der Waals surface area contributed by atoms with E-state index in [4.69, 9.17) is 0 Å². The Hall–Kier alpha value is -1.09. The van der Waals surface area contributed by atoms with Gasteiger partial charge < -0.3 is 0 Å². The summed E-state index contributed by atoms with van der Waals surface area (Å²) in [5, 5.41) is 0. The van der Waals surface area contributed by atoms with E-state index in [2.05, 4.69) is 72.3 Å². The molecule has 0 aliphatic heterocycles. The number of pyridine rings is 1. The SMILES string of the molecule is Cc1ccccc1-c1cc(C2CCCCC2)[c]([Ge]([CH3])([CH3])[CH3])c[n+]1C. The van der Waals surface area contributed by atoms with Crippen LogP contribution in [0, 0.1) is 6.92 Å². The van der Waals surface area contributed by atoms with Crippen LogP contribution in [0.1, 0.15) is 49.1 Å². The third kappa shape index (κ3) is 3.61. The van der Waals surface area contributed by atoms with E-state index in [1.54, 1.807) is 9.96 Å². The van der Waals surface area contributed by atoms with Gasteiger partial charge in [0.15, 0.2) is 0 Å². The molecule has 1 nitrogen and oxygen atoms in total. The van der Waals surface area contributed by atoms with Crippen molar-refractivity contribution in [2.75, 3.05) is 0 Å². The second-order valence-electron chi connectivity index (χ2n) is 8.54. The van der Waals surface area contributed by atoms with Gasteiger partial charge >= 0.3 is 150 Å². The number of hydrogen-bond donors (Lipinski definition) is 0. The summed E-state index contributed by atoms with van der Waals surface area (Å²) in [5.41, 5.74) is 5.81. The molecule has 0 bridgehead atoms. The quantitative estimate of drug-likeness (QED) is 0.514. The summed E-state index contributed by atoms with van der Waals surface area (Å²) in [5.74, 6) is 8.39. The Morgan fingerprint density at radius 2 is 1.67 bits per heavy atom. The molecule has 1 fully saturated rings. The number of rotatable bonds is 3. The summed E-state index contributed by atoms with van der Waals surface area (Å²) < 4.78 is 4.09. The van der Waals surface area contributed by atoms with Gasteiger partial charge in [-0.3, -0.25) is 0 Å². The van der Waals surface area contributed by atoms with Crippen molar-refractivity contribution < 1.29 is 4.57 Å². The minimum atomic E-state index is -1.89. The number of aryl methyl sites for hydroxylation is 2. The van der Waals surface area contributed by atoms with Gasteiger partial charge in [-0.1, -0.05) is 0 Å². The molecule has 1 aliphatic rings. The summed E-state index contributed by atoms with van der Waals surface area (Å²) in [6, 6.07) is 11.3. The zero-order valence-electron chi connectivity index (χ0n) is 16.0. The van der Waals surface area contributed by atoms with Gasteiger partial charge in [-0.15, -0.1) is 0 Å². The van der Waals surface area contributed by atoms with Crippen molar-refractivity contribution in [3.05, 3.63) is 47.7 Å². The van der Waals surface area contributed by atoms with E-state index < -0.39 is 13.3 Å². The van der Waals surface area contributed by atoms with Gasteiger partial charge in [-0.2, -0.15) is 0 Å². The van der Waals surface area contributed by atoms with Crippen LogP contribution >= 0.6 is 0 Å². The maximum absolute atomic E-state index is 2.55. The van der Waals surface area contributed by atoms with Gasteiger partial charge in [0, 0.05) is 0 Å². The van der Waals surface area contributed by atoms with Crippen molar-refractivity contribution in [1.29, 1.82) is 0 Å². The first-order valence-electron chi connectivity index (χ1n) is 9.48. The van der Waals surface area contributed by atoms with E-state index in [-0.39, 0.29) is 0 Å². The van der Waals surface area contributed by atoms with Crippen molar-refractivity contribution in [2.45, 2.75) is 62.2 Å². The van der Waals surface area contributed by atoms with Crippen LogP contribution in [-0.4, -0.2) is 13.3 Å². The third-order valence-electron chi connectivity index (χ3n) is 5.58. The fourth-order valence-electron chi connectivity index (χ4n) is 4.17. The Balaban J connectivity index is 2.17. The Labute approximate surface area is 150 Å². The third-order valence-corrected chi connectivity index (χ3v) is 9.85. The molecule has 2 aromatic rings. The zero-order valence-corrected chi connectivity index (χ0v) is 18.1. The summed E-state index contributed by atoms with van der Waals surface area (Å²) in [7, 11) is 2.23. The van der Waals surface area contributed by atoms with Gasteiger partial charge in [-0.05, 0) is 0 Å². The average Bonchev–Trinajstić information content (AvgIpc) is 2.55. The molecule has 1 heterocycles. The van der Waals surface area contributed by atoms with Crippen molar-refractivity contribution in [1.82, 2.24) is 0 Å². The average molecular weight is 383 g/mol. The summed E-state index contributed by atoms with van der Waals surface area (Å²) in [6.07, 6.45) is 9.47. The first-order valence-corrected chi connectivity index (χ1v) is 16.8. The Kier molecular flexibility index (Phi) is 5.20. The molecule has 24 heavy (non-hydrogen) atoms.